The van der Waals surface area contributed by atoms with E-state index in [4.69, 9.17) is 9.47 Å². The summed E-state index contributed by atoms with van der Waals surface area (Å²) < 4.78 is 11.4. The third-order valence-electron chi connectivity index (χ3n) is 4.62. The Morgan fingerprint density at radius 3 is 2.65 bits per heavy atom. The predicted molar refractivity (Wildman–Crippen MR) is 85.9 cm³/mol. The number of methoxy groups -OCH3 is 1. The number of rotatable bonds is 2. The van der Waals surface area contributed by atoms with E-state index in [1.807, 2.05) is 0 Å². The average Bonchev–Trinajstić information content (AvgIpc) is 2.54. The highest BCUT2D eigenvalue weighted by molar-refractivity contribution is 6.00. The van der Waals surface area contributed by atoms with Crippen molar-refractivity contribution in [1.29, 1.82) is 0 Å². The molecule has 0 aliphatic carbocycles. The van der Waals surface area contributed by atoms with E-state index in [1.165, 1.54) is 0 Å². The molecule has 1 aromatic carbocycles. The minimum absolute atomic E-state index is 0.0212. The van der Waals surface area contributed by atoms with Crippen LogP contribution in [0.1, 0.15) is 36.5 Å². The fourth-order valence-corrected chi connectivity index (χ4v) is 3.27. The summed E-state index contributed by atoms with van der Waals surface area (Å²) >= 11 is 0. The van der Waals surface area contributed by atoms with E-state index in [-0.39, 0.29) is 11.7 Å². The van der Waals surface area contributed by atoms with Crippen molar-refractivity contribution in [2.24, 2.45) is 0 Å². The Morgan fingerprint density at radius 2 is 2.04 bits per heavy atom. The standard InChI is InChI=1S/C18H21NO4/c1-12(2)17(21)19-8-6-18(7-9-19)11-15(20)14-10-13(22-3)4-5-16(14)23-18/h4-5,10H,1,6-9,11H2,2-3H3. The smallest absolute Gasteiger partial charge is 0.248 e. The lowest BCUT2D eigenvalue weighted by Gasteiger charge is -2.44. The molecule has 5 heteroatoms. The first-order chi connectivity index (χ1) is 10.9. The molecule has 0 aromatic heterocycles. The summed E-state index contributed by atoms with van der Waals surface area (Å²) in [6.45, 7) is 6.60. The van der Waals surface area contributed by atoms with E-state index < -0.39 is 5.60 Å². The first kappa shape index (κ1) is 15.6. The molecule has 1 fully saturated rings. The third-order valence-corrected chi connectivity index (χ3v) is 4.62. The number of hydrogen-bond donors (Lipinski definition) is 0. The van der Waals surface area contributed by atoms with Crippen LogP contribution in [-0.4, -0.2) is 42.4 Å². The van der Waals surface area contributed by atoms with Crippen molar-refractivity contribution < 1.29 is 19.1 Å². The fourth-order valence-electron chi connectivity index (χ4n) is 3.27. The lowest BCUT2D eigenvalue weighted by atomic mass is 9.82. The van der Waals surface area contributed by atoms with Crippen molar-refractivity contribution in [3.8, 4) is 11.5 Å². The first-order valence-corrected chi connectivity index (χ1v) is 7.79. The maximum atomic E-state index is 12.5. The van der Waals surface area contributed by atoms with Gasteiger partial charge in [0.25, 0.3) is 0 Å². The molecule has 5 nitrogen and oxygen atoms in total. The van der Waals surface area contributed by atoms with E-state index >= 15 is 0 Å². The van der Waals surface area contributed by atoms with Crippen LogP contribution in [0.25, 0.3) is 0 Å². The maximum Gasteiger partial charge on any atom is 0.248 e. The van der Waals surface area contributed by atoms with Crippen LogP contribution in [-0.2, 0) is 4.79 Å². The van der Waals surface area contributed by atoms with E-state index in [2.05, 4.69) is 6.58 Å². The number of Topliss-reactive ketones (excluding diaryl/α,β-unsaturated/α-hetero) is 1. The topological polar surface area (TPSA) is 55.8 Å². The Labute approximate surface area is 135 Å². The van der Waals surface area contributed by atoms with E-state index in [9.17, 15) is 9.59 Å². The number of piperidine rings is 1. The van der Waals surface area contributed by atoms with Gasteiger partial charge in [-0.3, -0.25) is 9.59 Å². The van der Waals surface area contributed by atoms with Gasteiger partial charge in [0.15, 0.2) is 5.78 Å². The van der Waals surface area contributed by atoms with Crippen molar-refractivity contribution in [2.75, 3.05) is 20.2 Å². The first-order valence-electron chi connectivity index (χ1n) is 7.79. The van der Waals surface area contributed by atoms with E-state index in [1.54, 1.807) is 37.1 Å². The quantitative estimate of drug-likeness (QED) is 0.787. The molecular weight excluding hydrogens is 294 g/mol. The summed E-state index contributed by atoms with van der Waals surface area (Å²) in [6.07, 6.45) is 1.66. The SMILES string of the molecule is C=C(C)C(=O)N1CCC2(CC1)CC(=O)c1cc(OC)ccc1O2. The van der Waals surface area contributed by atoms with Gasteiger partial charge >= 0.3 is 0 Å². The number of carbonyl (C=O) groups excluding carboxylic acids is 2. The second-order valence-corrected chi connectivity index (χ2v) is 6.32. The normalized spacial score (nSPS) is 19.0. The minimum Gasteiger partial charge on any atom is -0.497 e. The summed E-state index contributed by atoms with van der Waals surface area (Å²) in [5.41, 5.74) is 0.624. The predicted octanol–water partition coefficient (Wildman–Crippen LogP) is 2.60. The van der Waals surface area contributed by atoms with Crippen molar-refractivity contribution in [2.45, 2.75) is 31.8 Å². The van der Waals surface area contributed by atoms with Crippen LogP contribution in [0.5, 0.6) is 11.5 Å². The monoisotopic (exact) mass is 315 g/mol. The molecule has 0 N–H and O–H groups in total. The van der Waals surface area contributed by atoms with Gasteiger partial charge in [0.1, 0.15) is 17.1 Å². The van der Waals surface area contributed by atoms with Gasteiger partial charge in [0, 0.05) is 31.5 Å². The van der Waals surface area contributed by atoms with Crippen molar-refractivity contribution in [3.63, 3.8) is 0 Å². The Kier molecular flexibility index (Phi) is 3.88. The molecule has 0 saturated carbocycles. The lowest BCUT2D eigenvalue weighted by molar-refractivity contribution is -0.130. The van der Waals surface area contributed by atoms with Gasteiger partial charge in [-0.1, -0.05) is 6.58 Å². The average molecular weight is 315 g/mol. The third kappa shape index (κ3) is 2.83. The molecule has 0 unspecified atom stereocenters. The van der Waals surface area contributed by atoms with Crippen molar-refractivity contribution in [1.82, 2.24) is 4.90 Å². The summed E-state index contributed by atoms with van der Waals surface area (Å²) in [5.74, 6) is 1.32. The zero-order valence-corrected chi connectivity index (χ0v) is 13.6. The molecule has 23 heavy (non-hydrogen) atoms. The Hall–Kier alpha value is -2.30. The molecule has 2 aliphatic rings. The van der Waals surface area contributed by atoms with Crippen LogP contribution in [0.3, 0.4) is 0 Å². The van der Waals surface area contributed by atoms with Gasteiger partial charge in [0.05, 0.1) is 19.1 Å². The van der Waals surface area contributed by atoms with Gasteiger partial charge in [0.2, 0.25) is 5.91 Å². The molecule has 1 aromatic rings. The van der Waals surface area contributed by atoms with Gasteiger partial charge in [-0.25, -0.2) is 0 Å². The van der Waals surface area contributed by atoms with Gasteiger partial charge in [-0.05, 0) is 25.1 Å². The Bertz CT molecular complexity index is 672. The number of ketones is 1. The number of hydrogen-bond acceptors (Lipinski definition) is 4. The second-order valence-electron chi connectivity index (χ2n) is 6.32. The Balaban J connectivity index is 1.77. The van der Waals surface area contributed by atoms with E-state index in [0.29, 0.717) is 55.0 Å². The number of benzene rings is 1. The van der Waals surface area contributed by atoms with Gasteiger partial charge < -0.3 is 14.4 Å². The molecule has 2 aliphatic heterocycles. The highest BCUT2D eigenvalue weighted by Crippen LogP contribution is 2.40. The largest absolute Gasteiger partial charge is 0.497 e. The summed E-state index contributed by atoms with van der Waals surface area (Å²) in [6, 6.07) is 5.31. The summed E-state index contributed by atoms with van der Waals surface area (Å²) in [7, 11) is 1.58. The van der Waals surface area contributed by atoms with Gasteiger partial charge in [-0.2, -0.15) is 0 Å². The van der Waals surface area contributed by atoms with Crippen LogP contribution in [0.15, 0.2) is 30.4 Å². The molecule has 0 bridgehead atoms. The Morgan fingerprint density at radius 1 is 1.35 bits per heavy atom. The van der Waals surface area contributed by atoms with Crippen LogP contribution >= 0.6 is 0 Å². The maximum absolute atomic E-state index is 12.5. The number of likely N-dealkylation sites (tertiary alicyclic amines) is 1. The minimum atomic E-state index is -0.496. The molecule has 1 saturated heterocycles. The molecule has 122 valence electrons. The second kappa shape index (κ2) is 5.72. The number of carbonyl (C=O) groups is 2. The summed E-state index contributed by atoms with van der Waals surface area (Å²) in [4.78, 5) is 26.3. The van der Waals surface area contributed by atoms with Crippen molar-refractivity contribution in [3.05, 3.63) is 35.9 Å². The lowest BCUT2D eigenvalue weighted by Crippen LogP contribution is -2.52. The van der Waals surface area contributed by atoms with Crippen LogP contribution in [0.2, 0.25) is 0 Å². The number of fused-ring (bicyclic) bond motifs is 1. The van der Waals surface area contributed by atoms with Gasteiger partial charge in [-0.15, -0.1) is 0 Å². The molecule has 3 rings (SSSR count). The highest BCUT2D eigenvalue weighted by atomic mass is 16.5. The molecule has 2 heterocycles. The molecule has 0 atom stereocenters. The highest BCUT2D eigenvalue weighted by Gasteiger charge is 2.43. The molecule has 0 radical (unpaired) electrons. The zero-order valence-electron chi connectivity index (χ0n) is 13.6. The molecule has 1 spiro atoms. The fraction of sp³-hybridized carbons (Fsp3) is 0.444. The molecule has 1 amide bonds. The van der Waals surface area contributed by atoms with Crippen LogP contribution in [0, 0.1) is 0 Å². The molecular formula is C18H21NO4. The number of nitrogens with zero attached hydrogens (tertiary/aromatic N) is 1. The number of ether oxygens (including phenoxy) is 2. The van der Waals surface area contributed by atoms with E-state index in [0.717, 1.165) is 0 Å². The van der Waals surface area contributed by atoms with Crippen LogP contribution in [0.4, 0.5) is 0 Å². The van der Waals surface area contributed by atoms with Crippen molar-refractivity contribution >= 4 is 11.7 Å². The van der Waals surface area contributed by atoms with Crippen LogP contribution < -0.4 is 9.47 Å². The number of amides is 1. The zero-order chi connectivity index (χ0) is 16.6. The summed E-state index contributed by atoms with van der Waals surface area (Å²) in [5, 5.41) is 0.